The Morgan fingerprint density at radius 2 is 1.57 bits per heavy atom. The van der Waals surface area contributed by atoms with Gasteiger partial charge in [-0.1, -0.05) is 72.4 Å². The first-order valence-electron chi connectivity index (χ1n) is 14.3. The molecule has 2 saturated heterocycles. The summed E-state index contributed by atoms with van der Waals surface area (Å²) in [5.41, 5.74) is 1.56. The summed E-state index contributed by atoms with van der Waals surface area (Å²) in [6.07, 6.45) is 0.232. The summed E-state index contributed by atoms with van der Waals surface area (Å²) in [6.45, 7) is 26.3. The number of epoxide rings is 1. The van der Waals surface area contributed by atoms with E-state index in [0.29, 0.717) is 12.2 Å². The number of hydrogen-bond acceptors (Lipinski definition) is 7. The number of aliphatic hydroxyl groups is 1. The zero-order chi connectivity index (χ0) is 30.6. The van der Waals surface area contributed by atoms with Gasteiger partial charge in [0.1, 0.15) is 14.2 Å². The van der Waals surface area contributed by atoms with Crippen molar-refractivity contribution < 1.29 is 33.2 Å². The summed E-state index contributed by atoms with van der Waals surface area (Å²) in [4.78, 5) is 0. The molecule has 1 N–H and O–H groups in total. The molecule has 0 bridgehead atoms. The lowest BCUT2D eigenvalue weighted by atomic mass is 9.92. The van der Waals surface area contributed by atoms with Crippen molar-refractivity contribution in [2.24, 2.45) is 0 Å². The fourth-order valence-corrected chi connectivity index (χ4v) is 6.56. The van der Waals surface area contributed by atoms with E-state index in [4.69, 9.17) is 28.1 Å². The third-order valence-electron chi connectivity index (χ3n) is 9.26. The molecule has 0 amide bonds. The van der Waals surface area contributed by atoms with Crippen LogP contribution in [-0.4, -0.2) is 83.9 Å². The first kappa shape index (κ1) is 33.5. The van der Waals surface area contributed by atoms with E-state index in [9.17, 15) is 5.11 Å². The SMILES string of the molecule is COC(OC)C1=C[C@H](O[Si](C)(C)C(C)(C)C)C[C@@]1(O)C#C[C@]1([C@H]2COC(C)(C)O2)O[C@@H]1C#C[Si](C)(C)C(C)(C)C. The summed E-state index contributed by atoms with van der Waals surface area (Å²) in [5.74, 6) is 9.10. The minimum absolute atomic E-state index is 0.0177. The van der Waals surface area contributed by atoms with Gasteiger partial charge in [-0.25, -0.2) is 0 Å². The second kappa shape index (κ2) is 10.9. The normalized spacial score (nSPS) is 32.3. The van der Waals surface area contributed by atoms with E-state index in [0.717, 1.165) is 0 Å². The van der Waals surface area contributed by atoms with E-state index in [-0.39, 0.29) is 22.6 Å². The molecule has 2 heterocycles. The van der Waals surface area contributed by atoms with Crippen molar-refractivity contribution in [3.05, 3.63) is 11.6 Å². The molecule has 3 aliphatic rings. The Morgan fingerprint density at radius 3 is 2.05 bits per heavy atom. The van der Waals surface area contributed by atoms with Gasteiger partial charge in [-0.05, 0) is 43.1 Å². The third-order valence-corrected chi connectivity index (χ3v) is 18.3. The maximum absolute atomic E-state index is 12.0. The van der Waals surface area contributed by atoms with Gasteiger partial charge in [0.05, 0.1) is 12.7 Å². The minimum Gasteiger partial charge on any atom is -0.410 e. The lowest BCUT2D eigenvalue weighted by Crippen LogP contribution is -2.44. The van der Waals surface area contributed by atoms with Crippen LogP contribution in [0.4, 0.5) is 0 Å². The molecule has 2 aliphatic heterocycles. The first-order chi connectivity index (χ1) is 18.0. The van der Waals surface area contributed by atoms with Crippen LogP contribution in [0, 0.1) is 23.3 Å². The van der Waals surface area contributed by atoms with Crippen LogP contribution in [0.15, 0.2) is 11.6 Å². The molecule has 0 spiro atoms. The quantitative estimate of drug-likeness (QED) is 0.145. The topological polar surface area (TPSA) is 78.9 Å². The fourth-order valence-electron chi connectivity index (χ4n) is 4.43. The molecule has 0 radical (unpaired) electrons. The minimum atomic E-state index is -2.12. The lowest BCUT2D eigenvalue weighted by molar-refractivity contribution is -0.143. The standard InChI is InChI=1S/C31H52O7Si2/c1-27(2,3)39(11,12)18-15-24-31(37-24,25-21-35-29(7,8)36-25)17-16-30(32)20-22(19-23(30)26(33-9)34-10)38-40(13,14)28(4,5)6/h19,22,24-26,32H,20-21H2,1-14H3/t22-,24+,25+,30-,31-/m0/s1. The van der Waals surface area contributed by atoms with Crippen molar-refractivity contribution in [1.29, 1.82) is 0 Å². The molecule has 0 aromatic carbocycles. The van der Waals surface area contributed by atoms with Gasteiger partial charge in [-0.2, -0.15) is 0 Å². The number of methoxy groups -OCH3 is 2. The maximum Gasteiger partial charge on any atom is 0.195 e. The summed E-state index contributed by atoms with van der Waals surface area (Å²) in [5, 5.41) is 12.2. The van der Waals surface area contributed by atoms with Crippen LogP contribution >= 0.6 is 0 Å². The molecule has 40 heavy (non-hydrogen) atoms. The monoisotopic (exact) mass is 592 g/mol. The Morgan fingerprint density at radius 1 is 0.975 bits per heavy atom. The maximum atomic E-state index is 12.0. The van der Waals surface area contributed by atoms with Crippen molar-refractivity contribution in [2.45, 2.75) is 140 Å². The molecule has 5 atom stereocenters. The van der Waals surface area contributed by atoms with E-state index < -0.39 is 51.9 Å². The molecular weight excluding hydrogens is 541 g/mol. The average Bonchev–Trinajstić information content (AvgIpc) is 3.26. The third kappa shape index (κ3) is 6.80. The molecule has 0 aromatic rings. The van der Waals surface area contributed by atoms with Crippen LogP contribution in [0.1, 0.15) is 61.8 Å². The molecule has 0 aromatic heterocycles. The van der Waals surface area contributed by atoms with Crippen molar-refractivity contribution in [1.82, 2.24) is 0 Å². The molecule has 2 fully saturated rings. The molecule has 7 nitrogen and oxygen atoms in total. The van der Waals surface area contributed by atoms with Crippen LogP contribution in [0.3, 0.4) is 0 Å². The van der Waals surface area contributed by atoms with Gasteiger partial charge < -0.3 is 33.2 Å². The summed E-state index contributed by atoms with van der Waals surface area (Å²) >= 11 is 0. The van der Waals surface area contributed by atoms with Crippen molar-refractivity contribution >= 4 is 16.4 Å². The van der Waals surface area contributed by atoms with E-state index in [2.05, 4.69) is 91.0 Å². The predicted octanol–water partition coefficient (Wildman–Crippen LogP) is 5.40. The fraction of sp³-hybridized carbons (Fsp3) is 0.806. The van der Waals surface area contributed by atoms with E-state index in [1.807, 2.05) is 19.9 Å². The Balaban J connectivity index is 2.00. The Bertz CT molecular complexity index is 1100. The van der Waals surface area contributed by atoms with Gasteiger partial charge in [0.15, 0.2) is 37.7 Å². The average molecular weight is 593 g/mol. The highest BCUT2D eigenvalue weighted by Crippen LogP contribution is 2.47. The van der Waals surface area contributed by atoms with Crippen LogP contribution < -0.4 is 0 Å². The van der Waals surface area contributed by atoms with E-state index >= 15 is 0 Å². The largest absolute Gasteiger partial charge is 0.410 e. The van der Waals surface area contributed by atoms with Gasteiger partial charge in [0.25, 0.3) is 0 Å². The molecule has 0 unspecified atom stereocenters. The highest BCUT2D eigenvalue weighted by molar-refractivity contribution is 6.87. The van der Waals surface area contributed by atoms with Gasteiger partial charge in [-0.3, -0.25) is 0 Å². The van der Waals surface area contributed by atoms with Crippen molar-refractivity contribution in [3.8, 4) is 23.3 Å². The Kier molecular flexibility index (Phi) is 9.16. The summed E-state index contributed by atoms with van der Waals surface area (Å²) in [6, 6.07) is 0. The zero-order valence-corrected chi connectivity index (χ0v) is 29.2. The van der Waals surface area contributed by atoms with Crippen LogP contribution in [0.5, 0.6) is 0 Å². The zero-order valence-electron chi connectivity index (χ0n) is 27.2. The molecule has 226 valence electrons. The number of rotatable bonds is 6. The Hall–Kier alpha value is -0.986. The molecule has 9 heteroatoms. The number of hydrogen-bond donors (Lipinski definition) is 1. The van der Waals surface area contributed by atoms with Gasteiger partial charge in [0.2, 0.25) is 0 Å². The van der Waals surface area contributed by atoms with Gasteiger partial charge >= 0.3 is 0 Å². The summed E-state index contributed by atoms with van der Waals surface area (Å²) in [7, 11) is -0.888. The second-order valence-corrected chi connectivity index (χ2v) is 24.7. The molecule has 1 aliphatic carbocycles. The first-order valence-corrected chi connectivity index (χ1v) is 20.2. The highest BCUT2D eigenvalue weighted by Gasteiger charge is 2.65. The molecular formula is C31H52O7Si2. The smallest absolute Gasteiger partial charge is 0.195 e. The Labute approximate surface area is 244 Å². The number of ether oxygens (including phenoxy) is 5. The van der Waals surface area contributed by atoms with Crippen LogP contribution in [0.2, 0.25) is 36.3 Å². The molecule has 0 saturated carbocycles. The molecule has 3 rings (SSSR count). The van der Waals surface area contributed by atoms with Crippen molar-refractivity contribution in [2.75, 3.05) is 20.8 Å². The van der Waals surface area contributed by atoms with E-state index in [1.54, 1.807) is 14.2 Å². The van der Waals surface area contributed by atoms with Gasteiger partial charge in [-0.15, -0.1) is 5.54 Å². The predicted molar refractivity (Wildman–Crippen MR) is 163 cm³/mol. The van der Waals surface area contributed by atoms with E-state index in [1.165, 1.54) is 0 Å². The van der Waals surface area contributed by atoms with Crippen LogP contribution in [0.25, 0.3) is 0 Å². The van der Waals surface area contributed by atoms with Gasteiger partial charge in [0, 0.05) is 26.2 Å². The van der Waals surface area contributed by atoms with Crippen molar-refractivity contribution in [3.63, 3.8) is 0 Å². The highest BCUT2D eigenvalue weighted by atomic mass is 28.4. The second-order valence-electron chi connectivity index (χ2n) is 14.9. The lowest BCUT2D eigenvalue weighted by Gasteiger charge is -2.38. The summed E-state index contributed by atoms with van der Waals surface area (Å²) < 4.78 is 36.2. The van der Waals surface area contributed by atoms with Crippen LogP contribution in [-0.2, 0) is 28.1 Å².